The molecule has 7 heteroatoms. The molecule has 0 aliphatic carbocycles. The molecule has 0 N–H and O–H groups in total. The number of hydrogen-bond acceptors (Lipinski definition) is 5. The van der Waals surface area contributed by atoms with Gasteiger partial charge in [0.1, 0.15) is 10.6 Å². The molecular weight excluding hydrogens is 494 g/mol. The minimum atomic E-state index is -3.85. The zero-order chi connectivity index (χ0) is 27.5. The lowest BCUT2D eigenvalue weighted by Crippen LogP contribution is -2.54. The van der Waals surface area contributed by atoms with Crippen LogP contribution in [0.3, 0.4) is 0 Å². The molecule has 0 radical (unpaired) electrons. The number of unbranched alkanes of at least 4 members (excludes halogenated alkanes) is 1. The van der Waals surface area contributed by atoms with Gasteiger partial charge in [0, 0.05) is 38.6 Å². The van der Waals surface area contributed by atoms with Crippen LogP contribution in [0, 0.1) is 6.92 Å². The van der Waals surface area contributed by atoms with Gasteiger partial charge in [0.05, 0.1) is 18.3 Å². The lowest BCUT2D eigenvalue weighted by Gasteiger charge is -2.43. The molecule has 0 aromatic heterocycles. The maximum absolute atomic E-state index is 14.8. The Balaban J connectivity index is 1.99. The quantitative estimate of drug-likeness (QED) is 0.303. The summed E-state index contributed by atoms with van der Waals surface area (Å²) in [6.45, 7) is 7.16. The van der Waals surface area contributed by atoms with Crippen molar-refractivity contribution in [3.63, 3.8) is 0 Å². The van der Waals surface area contributed by atoms with Crippen LogP contribution >= 0.6 is 0 Å². The molecule has 1 unspecified atom stereocenters. The zero-order valence-electron chi connectivity index (χ0n) is 23.6. The van der Waals surface area contributed by atoms with Crippen LogP contribution < -0.4 is 14.5 Å². The fourth-order valence-corrected chi connectivity index (χ4v) is 7.66. The third kappa shape index (κ3) is 5.27. The molecule has 0 saturated carbocycles. The van der Waals surface area contributed by atoms with Crippen molar-refractivity contribution >= 4 is 27.1 Å². The fourth-order valence-electron chi connectivity index (χ4n) is 5.55. The molecule has 1 atom stereocenters. The van der Waals surface area contributed by atoms with Crippen LogP contribution in [0.15, 0.2) is 71.6 Å². The van der Waals surface area contributed by atoms with Gasteiger partial charge in [-0.15, -0.1) is 0 Å². The van der Waals surface area contributed by atoms with E-state index in [2.05, 4.69) is 35.8 Å². The maximum Gasteiger partial charge on any atom is 0.246 e. The Kier molecular flexibility index (Phi) is 8.38. The number of para-hydroxylation sites is 1. The largest absolute Gasteiger partial charge is 0.497 e. The summed E-state index contributed by atoms with van der Waals surface area (Å²) in [5.74, 6) is 0.757. The van der Waals surface area contributed by atoms with E-state index < -0.39 is 15.6 Å². The smallest absolute Gasteiger partial charge is 0.246 e. The molecule has 38 heavy (non-hydrogen) atoms. The molecule has 4 rings (SSSR count). The lowest BCUT2D eigenvalue weighted by atomic mass is 9.88. The van der Waals surface area contributed by atoms with Crippen molar-refractivity contribution in [1.29, 1.82) is 0 Å². The molecule has 1 heterocycles. The highest BCUT2D eigenvalue weighted by atomic mass is 32.2. The van der Waals surface area contributed by atoms with E-state index in [1.54, 1.807) is 11.4 Å². The number of methoxy groups -OCH3 is 1. The molecule has 6 nitrogen and oxygen atoms in total. The Morgan fingerprint density at radius 1 is 1.00 bits per heavy atom. The molecule has 0 amide bonds. The van der Waals surface area contributed by atoms with Crippen molar-refractivity contribution in [3.05, 3.63) is 77.9 Å². The normalized spacial score (nSPS) is 19.1. The Morgan fingerprint density at radius 3 is 2.26 bits per heavy atom. The summed E-state index contributed by atoms with van der Waals surface area (Å²) in [5.41, 5.74) is 4.04. The number of fused-ring (bicyclic) bond motifs is 1. The van der Waals surface area contributed by atoms with Crippen LogP contribution in [0.25, 0.3) is 0 Å². The van der Waals surface area contributed by atoms with Crippen LogP contribution in [-0.2, 0) is 16.6 Å². The predicted octanol–water partition coefficient (Wildman–Crippen LogP) is 6.75. The summed E-state index contributed by atoms with van der Waals surface area (Å²) in [6.07, 6.45) is 3.44. The number of nitrogens with zero attached hydrogens (tertiary/aromatic N) is 3. The molecule has 3 aromatic carbocycles. The first-order valence-electron chi connectivity index (χ1n) is 13.5. The van der Waals surface area contributed by atoms with E-state index in [9.17, 15) is 8.42 Å². The molecule has 0 bridgehead atoms. The highest BCUT2D eigenvalue weighted by molar-refractivity contribution is 7.89. The number of benzene rings is 3. The van der Waals surface area contributed by atoms with Gasteiger partial charge in [-0.1, -0.05) is 57.0 Å². The van der Waals surface area contributed by atoms with Crippen LogP contribution in [0.2, 0.25) is 0 Å². The summed E-state index contributed by atoms with van der Waals surface area (Å²) >= 11 is 0. The topological polar surface area (TPSA) is 53.1 Å². The van der Waals surface area contributed by atoms with Gasteiger partial charge in [0.15, 0.2) is 0 Å². The molecule has 1 aliphatic rings. The van der Waals surface area contributed by atoms with Crippen molar-refractivity contribution in [1.82, 2.24) is 4.31 Å². The average molecular weight is 536 g/mol. The molecule has 0 spiro atoms. The second-order valence-corrected chi connectivity index (χ2v) is 12.3. The van der Waals surface area contributed by atoms with E-state index >= 15 is 0 Å². The first kappa shape index (κ1) is 28.0. The van der Waals surface area contributed by atoms with Gasteiger partial charge >= 0.3 is 0 Å². The Morgan fingerprint density at radius 2 is 1.68 bits per heavy atom. The van der Waals surface area contributed by atoms with Gasteiger partial charge in [-0.3, -0.25) is 0 Å². The SMILES string of the molecule is CCCCC1(CC)CN(c2ccccc2)c2cc(N(C)C)c(C)cc2S(=O)(=O)N1Cc1ccc(OC)cc1. The third-order valence-electron chi connectivity index (χ3n) is 7.81. The number of anilines is 3. The van der Waals surface area contributed by atoms with E-state index in [4.69, 9.17) is 4.74 Å². The van der Waals surface area contributed by atoms with Crippen molar-refractivity contribution in [3.8, 4) is 5.75 Å². The van der Waals surface area contributed by atoms with Gasteiger partial charge in [0.25, 0.3) is 0 Å². The standard InChI is InChI=1S/C31H41N3O3S/c1-7-9-19-31(8-2)23-33(26-13-11-10-12-14-26)29-21-28(32(4)5)24(3)20-30(29)38(35,36)34(31)22-25-15-17-27(37-6)18-16-25/h10-18,20-21H,7-9,19,22-23H2,1-6H3. The molecule has 0 saturated heterocycles. The van der Waals surface area contributed by atoms with Crippen LogP contribution in [-0.4, -0.2) is 46.0 Å². The molecule has 1 aliphatic heterocycles. The number of sulfonamides is 1. The van der Waals surface area contributed by atoms with Crippen LogP contribution in [0.1, 0.15) is 50.7 Å². The summed E-state index contributed by atoms with van der Waals surface area (Å²) in [5, 5.41) is 0. The molecule has 3 aromatic rings. The summed E-state index contributed by atoms with van der Waals surface area (Å²) in [6, 6.07) is 21.8. The van der Waals surface area contributed by atoms with E-state index in [-0.39, 0.29) is 0 Å². The van der Waals surface area contributed by atoms with E-state index in [0.29, 0.717) is 24.4 Å². The fraction of sp³-hybridized carbons (Fsp3) is 0.419. The van der Waals surface area contributed by atoms with Crippen LogP contribution in [0.5, 0.6) is 5.75 Å². The minimum absolute atomic E-state index is 0.306. The van der Waals surface area contributed by atoms with Gasteiger partial charge in [-0.25, -0.2) is 8.42 Å². The second-order valence-electron chi connectivity index (χ2n) is 10.5. The monoisotopic (exact) mass is 535 g/mol. The van der Waals surface area contributed by atoms with Crippen molar-refractivity contribution in [2.24, 2.45) is 0 Å². The highest BCUT2D eigenvalue weighted by Crippen LogP contribution is 2.46. The number of hydrogen-bond donors (Lipinski definition) is 0. The third-order valence-corrected chi connectivity index (χ3v) is 9.79. The van der Waals surface area contributed by atoms with Crippen LogP contribution in [0.4, 0.5) is 17.1 Å². The predicted molar refractivity (Wildman–Crippen MR) is 157 cm³/mol. The Labute approximate surface area is 228 Å². The van der Waals surface area contributed by atoms with Gasteiger partial charge in [-0.05, 0) is 67.3 Å². The summed E-state index contributed by atoms with van der Waals surface area (Å²) < 4.78 is 36.7. The molecule has 0 fully saturated rings. The van der Waals surface area contributed by atoms with Gasteiger partial charge in [-0.2, -0.15) is 4.31 Å². The van der Waals surface area contributed by atoms with Gasteiger partial charge < -0.3 is 14.5 Å². The van der Waals surface area contributed by atoms with Crippen molar-refractivity contribution < 1.29 is 13.2 Å². The minimum Gasteiger partial charge on any atom is -0.497 e. The first-order chi connectivity index (χ1) is 18.2. The van der Waals surface area contributed by atoms with E-state index in [1.807, 2.05) is 75.6 Å². The summed E-state index contributed by atoms with van der Waals surface area (Å²) in [4.78, 5) is 4.65. The van der Waals surface area contributed by atoms with Gasteiger partial charge in [0.2, 0.25) is 10.0 Å². The Hall–Kier alpha value is -3.03. The van der Waals surface area contributed by atoms with E-state index in [1.165, 1.54) is 0 Å². The van der Waals surface area contributed by atoms with Crippen molar-refractivity contribution in [2.45, 2.75) is 63.4 Å². The number of rotatable bonds is 9. The summed E-state index contributed by atoms with van der Waals surface area (Å²) in [7, 11) is 1.79. The maximum atomic E-state index is 14.8. The molecule has 204 valence electrons. The number of aryl methyl sites for hydroxylation is 1. The molecular formula is C31H41N3O3S. The second kappa shape index (κ2) is 11.4. The zero-order valence-corrected chi connectivity index (χ0v) is 24.4. The van der Waals surface area contributed by atoms with E-state index in [0.717, 1.165) is 53.2 Å². The first-order valence-corrected chi connectivity index (χ1v) is 14.9. The lowest BCUT2D eigenvalue weighted by molar-refractivity contribution is 0.163. The average Bonchev–Trinajstić information content (AvgIpc) is 2.99. The number of ether oxygens (including phenoxy) is 1. The van der Waals surface area contributed by atoms with Crippen molar-refractivity contribution in [2.75, 3.05) is 37.5 Å². The Bertz CT molecular complexity index is 1340. The highest BCUT2D eigenvalue weighted by Gasteiger charge is 2.48.